The SMILES string of the molecule is C=CCCCC1CCC(c2ccc(COCCC=CC)cc2)CC1. The summed E-state index contributed by atoms with van der Waals surface area (Å²) in [5, 5.41) is 0. The summed E-state index contributed by atoms with van der Waals surface area (Å²) in [6.07, 6.45) is 16.7. The third-order valence-electron chi connectivity index (χ3n) is 5.25. The smallest absolute Gasteiger partial charge is 0.0717 e. The molecule has 0 aliphatic heterocycles. The number of rotatable bonds is 10. The van der Waals surface area contributed by atoms with Gasteiger partial charge in [0, 0.05) is 0 Å². The van der Waals surface area contributed by atoms with E-state index in [0.717, 1.165) is 31.5 Å². The van der Waals surface area contributed by atoms with Crippen LogP contribution in [0.2, 0.25) is 0 Å². The van der Waals surface area contributed by atoms with Crippen molar-refractivity contribution in [3.05, 3.63) is 60.2 Å². The number of hydrogen-bond donors (Lipinski definition) is 0. The fourth-order valence-electron chi connectivity index (χ4n) is 3.73. The maximum atomic E-state index is 5.71. The van der Waals surface area contributed by atoms with E-state index in [-0.39, 0.29) is 0 Å². The lowest BCUT2D eigenvalue weighted by molar-refractivity contribution is 0.125. The minimum Gasteiger partial charge on any atom is -0.376 e. The molecule has 1 aliphatic rings. The van der Waals surface area contributed by atoms with Crippen molar-refractivity contribution >= 4 is 0 Å². The van der Waals surface area contributed by atoms with Gasteiger partial charge in [-0.3, -0.25) is 0 Å². The molecule has 0 amide bonds. The van der Waals surface area contributed by atoms with E-state index >= 15 is 0 Å². The number of ether oxygens (including phenoxy) is 1. The van der Waals surface area contributed by atoms with Crippen LogP contribution in [0.15, 0.2) is 49.1 Å². The zero-order chi connectivity index (χ0) is 17.0. The Labute approximate surface area is 148 Å². The van der Waals surface area contributed by atoms with Crippen molar-refractivity contribution in [2.75, 3.05) is 6.61 Å². The normalized spacial score (nSPS) is 21.2. The molecule has 0 heterocycles. The Bertz CT molecular complexity index is 477. The highest BCUT2D eigenvalue weighted by Gasteiger charge is 2.21. The van der Waals surface area contributed by atoms with E-state index in [1.807, 2.05) is 6.92 Å². The predicted molar refractivity (Wildman–Crippen MR) is 104 cm³/mol. The molecule has 0 radical (unpaired) electrons. The van der Waals surface area contributed by atoms with E-state index in [4.69, 9.17) is 4.74 Å². The van der Waals surface area contributed by atoms with Crippen LogP contribution in [-0.2, 0) is 11.3 Å². The van der Waals surface area contributed by atoms with E-state index in [1.54, 1.807) is 0 Å². The van der Waals surface area contributed by atoms with Gasteiger partial charge in [-0.05, 0) is 74.8 Å². The molecule has 0 unspecified atom stereocenters. The van der Waals surface area contributed by atoms with Gasteiger partial charge in [0.15, 0.2) is 0 Å². The van der Waals surface area contributed by atoms with Gasteiger partial charge in [-0.1, -0.05) is 48.9 Å². The molecule has 24 heavy (non-hydrogen) atoms. The van der Waals surface area contributed by atoms with Crippen molar-refractivity contribution < 1.29 is 4.74 Å². The largest absolute Gasteiger partial charge is 0.376 e. The first-order valence-electron chi connectivity index (χ1n) is 9.72. The first kappa shape index (κ1) is 19.0. The van der Waals surface area contributed by atoms with E-state index in [1.165, 1.54) is 56.1 Å². The van der Waals surface area contributed by atoms with Gasteiger partial charge < -0.3 is 4.74 Å². The number of allylic oxidation sites excluding steroid dienone is 2. The highest BCUT2D eigenvalue weighted by atomic mass is 16.5. The van der Waals surface area contributed by atoms with Gasteiger partial charge in [-0.2, -0.15) is 0 Å². The molecule has 0 spiro atoms. The lowest BCUT2D eigenvalue weighted by atomic mass is 9.77. The lowest BCUT2D eigenvalue weighted by Crippen LogP contribution is -2.13. The summed E-state index contributed by atoms with van der Waals surface area (Å²) < 4.78 is 5.71. The Kier molecular flexibility index (Phi) is 8.91. The quantitative estimate of drug-likeness (QED) is 0.339. The Balaban J connectivity index is 1.70. The molecule has 0 atom stereocenters. The standard InChI is InChI=1S/C23H34O/c1-3-5-7-9-20-10-14-22(15-11-20)23-16-12-21(13-17-23)19-24-18-8-6-4-2/h3-4,6,12-13,16-17,20,22H,1,5,7-11,14-15,18-19H2,2H3. The van der Waals surface area contributed by atoms with Crippen LogP contribution >= 0.6 is 0 Å². The van der Waals surface area contributed by atoms with Crippen molar-refractivity contribution in [3.8, 4) is 0 Å². The van der Waals surface area contributed by atoms with E-state index in [0.29, 0.717) is 0 Å². The Morgan fingerprint density at radius 3 is 2.50 bits per heavy atom. The summed E-state index contributed by atoms with van der Waals surface area (Å²) in [6, 6.07) is 9.16. The van der Waals surface area contributed by atoms with Crippen molar-refractivity contribution in [1.82, 2.24) is 0 Å². The molecule has 0 bridgehead atoms. The molecule has 1 aliphatic carbocycles. The van der Waals surface area contributed by atoms with Gasteiger partial charge in [0.1, 0.15) is 0 Å². The fraction of sp³-hybridized carbons (Fsp3) is 0.565. The molecule has 1 aromatic rings. The minimum atomic E-state index is 0.730. The van der Waals surface area contributed by atoms with Crippen LogP contribution in [0.25, 0.3) is 0 Å². The summed E-state index contributed by atoms with van der Waals surface area (Å²) in [5.41, 5.74) is 2.81. The van der Waals surface area contributed by atoms with Gasteiger partial charge in [0.25, 0.3) is 0 Å². The molecular formula is C23H34O. The molecule has 2 rings (SSSR count). The Morgan fingerprint density at radius 1 is 1.08 bits per heavy atom. The highest BCUT2D eigenvalue weighted by molar-refractivity contribution is 5.25. The average Bonchev–Trinajstić information content (AvgIpc) is 2.63. The van der Waals surface area contributed by atoms with Crippen molar-refractivity contribution in [2.45, 2.75) is 70.8 Å². The average molecular weight is 327 g/mol. The first-order chi connectivity index (χ1) is 11.8. The van der Waals surface area contributed by atoms with Crippen LogP contribution in [0.5, 0.6) is 0 Å². The van der Waals surface area contributed by atoms with Crippen molar-refractivity contribution in [3.63, 3.8) is 0 Å². The van der Waals surface area contributed by atoms with Crippen LogP contribution in [0.4, 0.5) is 0 Å². The van der Waals surface area contributed by atoms with E-state index < -0.39 is 0 Å². The lowest BCUT2D eigenvalue weighted by Gasteiger charge is -2.29. The molecule has 1 fully saturated rings. The van der Waals surface area contributed by atoms with Crippen LogP contribution in [0.1, 0.15) is 75.3 Å². The van der Waals surface area contributed by atoms with Crippen LogP contribution < -0.4 is 0 Å². The zero-order valence-electron chi connectivity index (χ0n) is 15.4. The van der Waals surface area contributed by atoms with Gasteiger partial charge in [-0.15, -0.1) is 6.58 Å². The maximum absolute atomic E-state index is 5.71. The topological polar surface area (TPSA) is 9.23 Å². The predicted octanol–water partition coefficient (Wildman–Crippen LogP) is 6.80. The number of unbranched alkanes of at least 4 members (excludes halogenated alkanes) is 1. The third kappa shape index (κ3) is 6.65. The second kappa shape index (κ2) is 11.3. The van der Waals surface area contributed by atoms with Crippen LogP contribution in [0.3, 0.4) is 0 Å². The van der Waals surface area contributed by atoms with Gasteiger partial charge >= 0.3 is 0 Å². The fourth-order valence-corrected chi connectivity index (χ4v) is 3.73. The molecule has 132 valence electrons. The second-order valence-corrected chi connectivity index (χ2v) is 7.09. The second-order valence-electron chi connectivity index (χ2n) is 7.09. The summed E-state index contributed by atoms with van der Waals surface area (Å²) in [4.78, 5) is 0. The first-order valence-corrected chi connectivity index (χ1v) is 9.72. The van der Waals surface area contributed by atoms with Gasteiger partial charge in [0.05, 0.1) is 13.2 Å². The molecule has 1 saturated carbocycles. The molecule has 0 aromatic heterocycles. The maximum Gasteiger partial charge on any atom is 0.0717 e. The Morgan fingerprint density at radius 2 is 1.83 bits per heavy atom. The van der Waals surface area contributed by atoms with Gasteiger partial charge in [-0.25, -0.2) is 0 Å². The zero-order valence-corrected chi connectivity index (χ0v) is 15.4. The summed E-state index contributed by atoms with van der Waals surface area (Å²) in [6.45, 7) is 7.41. The number of hydrogen-bond acceptors (Lipinski definition) is 1. The molecule has 0 saturated heterocycles. The molecule has 1 aromatic carbocycles. The van der Waals surface area contributed by atoms with Crippen molar-refractivity contribution in [2.24, 2.45) is 5.92 Å². The summed E-state index contributed by atoms with van der Waals surface area (Å²) in [7, 11) is 0. The third-order valence-corrected chi connectivity index (χ3v) is 5.25. The van der Waals surface area contributed by atoms with E-state index in [9.17, 15) is 0 Å². The van der Waals surface area contributed by atoms with Crippen molar-refractivity contribution in [1.29, 1.82) is 0 Å². The molecule has 1 nitrogen and oxygen atoms in total. The molecule has 1 heteroatoms. The highest BCUT2D eigenvalue weighted by Crippen LogP contribution is 2.37. The minimum absolute atomic E-state index is 0.730. The molecular weight excluding hydrogens is 292 g/mol. The summed E-state index contributed by atoms with van der Waals surface area (Å²) in [5.74, 6) is 1.72. The van der Waals surface area contributed by atoms with Crippen LogP contribution in [-0.4, -0.2) is 6.61 Å². The molecule has 0 N–H and O–H groups in total. The monoisotopic (exact) mass is 326 g/mol. The Hall–Kier alpha value is -1.34. The number of benzene rings is 1. The van der Waals surface area contributed by atoms with Gasteiger partial charge in [0.2, 0.25) is 0 Å². The van der Waals surface area contributed by atoms with Crippen LogP contribution in [0, 0.1) is 5.92 Å². The summed E-state index contributed by atoms with van der Waals surface area (Å²) >= 11 is 0. The van der Waals surface area contributed by atoms with E-state index in [2.05, 4.69) is 49.1 Å².